The van der Waals surface area contributed by atoms with E-state index in [2.05, 4.69) is 10.4 Å². The highest BCUT2D eigenvalue weighted by molar-refractivity contribution is 6.40. The first kappa shape index (κ1) is 13.1. The number of nitrogens with one attached hydrogen (secondary N) is 1. The van der Waals surface area contributed by atoms with Crippen molar-refractivity contribution in [1.82, 2.24) is 10.3 Å². The summed E-state index contributed by atoms with van der Waals surface area (Å²) in [6.07, 6.45) is -0.909. The molecule has 0 aliphatic carbocycles. The van der Waals surface area contributed by atoms with Crippen LogP contribution in [-0.2, 0) is 9.53 Å². The van der Waals surface area contributed by atoms with Gasteiger partial charge in [0, 0.05) is 6.92 Å². The molecule has 1 rings (SSSR count). The van der Waals surface area contributed by atoms with Gasteiger partial charge in [0.1, 0.15) is 11.3 Å². The Hall–Kier alpha value is -1.92. The van der Waals surface area contributed by atoms with Gasteiger partial charge in [-0.1, -0.05) is 0 Å². The summed E-state index contributed by atoms with van der Waals surface area (Å²) in [6, 6.07) is -0.704. The molecule has 1 aliphatic heterocycles. The van der Waals surface area contributed by atoms with Crippen molar-refractivity contribution in [1.29, 1.82) is 0 Å². The fourth-order valence-electron chi connectivity index (χ4n) is 1.06. The second kappa shape index (κ2) is 4.52. The summed E-state index contributed by atoms with van der Waals surface area (Å²) >= 11 is 0. The van der Waals surface area contributed by atoms with Gasteiger partial charge in [0.15, 0.2) is 5.78 Å². The first-order valence-corrected chi connectivity index (χ1v) is 5.10. The van der Waals surface area contributed by atoms with Crippen LogP contribution >= 0.6 is 0 Å². The van der Waals surface area contributed by atoms with Gasteiger partial charge < -0.3 is 10.1 Å². The molecule has 1 N–H and O–H groups in total. The molecule has 0 atom stereocenters. The lowest BCUT2D eigenvalue weighted by atomic mass is 10.2. The van der Waals surface area contributed by atoms with Gasteiger partial charge in [-0.05, 0) is 20.8 Å². The van der Waals surface area contributed by atoms with E-state index in [1.807, 2.05) is 0 Å². The zero-order chi connectivity index (χ0) is 13.2. The molecular weight excluding hydrogens is 226 g/mol. The number of amides is 3. The number of urea groups is 1. The van der Waals surface area contributed by atoms with Crippen LogP contribution in [0.15, 0.2) is 5.10 Å². The van der Waals surface area contributed by atoms with Crippen LogP contribution in [0.25, 0.3) is 0 Å². The highest BCUT2D eigenvalue weighted by Crippen LogP contribution is 2.11. The van der Waals surface area contributed by atoms with Gasteiger partial charge in [-0.25, -0.2) is 9.59 Å². The van der Waals surface area contributed by atoms with Crippen molar-refractivity contribution in [3.05, 3.63) is 0 Å². The van der Waals surface area contributed by atoms with Crippen LogP contribution in [-0.4, -0.2) is 40.8 Å². The minimum absolute atomic E-state index is 0.0213. The van der Waals surface area contributed by atoms with Gasteiger partial charge >= 0.3 is 12.1 Å². The van der Waals surface area contributed by atoms with Gasteiger partial charge in [0.2, 0.25) is 0 Å². The maximum atomic E-state index is 11.6. The first-order valence-electron chi connectivity index (χ1n) is 5.10. The Morgan fingerprint density at radius 1 is 1.41 bits per heavy atom. The maximum absolute atomic E-state index is 11.6. The molecule has 94 valence electrons. The van der Waals surface area contributed by atoms with Crippen molar-refractivity contribution in [3.63, 3.8) is 0 Å². The van der Waals surface area contributed by atoms with Crippen LogP contribution in [0.5, 0.6) is 0 Å². The third kappa shape index (κ3) is 3.54. The molecule has 0 radical (unpaired) electrons. The van der Waals surface area contributed by atoms with E-state index in [-0.39, 0.29) is 18.0 Å². The van der Waals surface area contributed by atoms with Gasteiger partial charge in [-0.3, -0.25) is 4.79 Å². The van der Waals surface area contributed by atoms with E-state index in [1.54, 1.807) is 20.8 Å². The molecule has 17 heavy (non-hydrogen) atoms. The number of hydrogen-bond donors (Lipinski definition) is 1. The molecule has 0 unspecified atom stereocenters. The SMILES string of the molecule is CC(=O)C1=NN(C(=O)OC(C)(C)C)C(=O)NC1. The Morgan fingerprint density at radius 3 is 2.47 bits per heavy atom. The molecule has 7 heteroatoms. The zero-order valence-electron chi connectivity index (χ0n) is 10.2. The van der Waals surface area contributed by atoms with Crippen molar-refractivity contribution < 1.29 is 19.1 Å². The average Bonchev–Trinajstić information content (AvgIpc) is 2.14. The Labute approximate surface area is 98.8 Å². The summed E-state index contributed by atoms with van der Waals surface area (Å²) in [7, 11) is 0. The van der Waals surface area contributed by atoms with Crippen molar-refractivity contribution in [2.75, 3.05) is 6.54 Å². The number of Topliss-reactive ketones (excluding diaryl/α,β-unsaturated/α-hetero) is 1. The molecule has 0 spiro atoms. The van der Waals surface area contributed by atoms with E-state index in [9.17, 15) is 14.4 Å². The zero-order valence-corrected chi connectivity index (χ0v) is 10.2. The van der Waals surface area contributed by atoms with E-state index < -0.39 is 17.7 Å². The fourth-order valence-corrected chi connectivity index (χ4v) is 1.06. The number of hydrogen-bond acceptors (Lipinski definition) is 5. The topological polar surface area (TPSA) is 88.1 Å². The summed E-state index contributed by atoms with van der Waals surface area (Å²) < 4.78 is 4.98. The Bertz CT molecular complexity index is 395. The quantitative estimate of drug-likeness (QED) is 0.738. The third-order valence-corrected chi connectivity index (χ3v) is 1.79. The van der Waals surface area contributed by atoms with Crippen molar-refractivity contribution in [2.24, 2.45) is 5.10 Å². The normalized spacial score (nSPS) is 16.1. The Morgan fingerprint density at radius 2 is 2.00 bits per heavy atom. The number of carbonyl (C=O) groups is 3. The smallest absolute Gasteiger partial charge is 0.439 e. The van der Waals surface area contributed by atoms with E-state index >= 15 is 0 Å². The van der Waals surface area contributed by atoms with E-state index in [0.29, 0.717) is 5.01 Å². The number of rotatable bonds is 1. The molecular formula is C10H15N3O4. The number of imide groups is 1. The predicted molar refractivity (Wildman–Crippen MR) is 59.6 cm³/mol. The highest BCUT2D eigenvalue weighted by atomic mass is 16.6. The van der Waals surface area contributed by atoms with Crippen molar-refractivity contribution in [3.8, 4) is 0 Å². The minimum Gasteiger partial charge on any atom is -0.442 e. The molecule has 7 nitrogen and oxygen atoms in total. The van der Waals surface area contributed by atoms with E-state index in [1.165, 1.54) is 6.92 Å². The third-order valence-electron chi connectivity index (χ3n) is 1.79. The second-order valence-electron chi connectivity index (χ2n) is 4.55. The summed E-state index contributed by atoms with van der Waals surface area (Å²) in [4.78, 5) is 34.1. The van der Waals surface area contributed by atoms with Gasteiger partial charge in [-0.15, -0.1) is 5.01 Å². The summed E-state index contributed by atoms with van der Waals surface area (Å²) in [5.41, 5.74) is -0.628. The van der Waals surface area contributed by atoms with Crippen LogP contribution in [0.1, 0.15) is 27.7 Å². The average molecular weight is 241 g/mol. The minimum atomic E-state index is -0.909. The summed E-state index contributed by atoms with van der Waals surface area (Å²) in [5.74, 6) is -0.307. The summed E-state index contributed by atoms with van der Waals surface area (Å²) in [5, 5.41) is 6.54. The summed E-state index contributed by atoms with van der Waals surface area (Å²) in [6.45, 7) is 6.34. The molecule has 0 aromatic heterocycles. The number of ketones is 1. The van der Waals surface area contributed by atoms with E-state index in [4.69, 9.17) is 4.74 Å². The Balaban J connectivity index is 2.87. The second-order valence-corrected chi connectivity index (χ2v) is 4.55. The van der Waals surface area contributed by atoms with Crippen LogP contribution < -0.4 is 5.32 Å². The van der Waals surface area contributed by atoms with Crippen LogP contribution in [0.4, 0.5) is 9.59 Å². The van der Waals surface area contributed by atoms with Crippen molar-refractivity contribution in [2.45, 2.75) is 33.3 Å². The monoisotopic (exact) mass is 241 g/mol. The lowest BCUT2D eigenvalue weighted by molar-refractivity contribution is -0.111. The highest BCUT2D eigenvalue weighted by Gasteiger charge is 2.31. The maximum Gasteiger partial charge on any atom is 0.439 e. The number of nitrogens with zero attached hydrogens (tertiary/aromatic N) is 2. The van der Waals surface area contributed by atoms with Crippen LogP contribution in [0.3, 0.4) is 0 Å². The molecule has 0 bridgehead atoms. The molecule has 0 aromatic carbocycles. The number of carbonyl (C=O) groups excluding carboxylic acids is 3. The molecule has 1 aliphatic rings. The first-order chi connectivity index (χ1) is 7.70. The van der Waals surface area contributed by atoms with Crippen LogP contribution in [0, 0.1) is 0 Å². The van der Waals surface area contributed by atoms with E-state index in [0.717, 1.165) is 0 Å². The molecule has 3 amide bonds. The molecule has 0 saturated heterocycles. The number of hydrazone groups is 1. The van der Waals surface area contributed by atoms with Crippen molar-refractivity contribution >= 4 is 23.6 Å². The van der Waals surface area contributed by atoms with Crippen LogP contribution in [0.2, 0.25) is 0 Å². The fraction of sp³-hybridized carbons (Fsp3) is 0.600. The molecule has 0 fully saturated rings. The largest absolute Gasteiger partial charge is 0.442 e. The standard InChI is InChI=1S/C10H15N3O4/c1-6(14)7-5-11-8(15)13(12-7)9(16)17-10(2,3)4/h5H2,1-4H3,(H,11,15). The molecule has 0 aromatic rings. The molecule has 1 heterocycles. The Kier molecular flexibility index (Phi) is 3.50. The van der Waals surface area contributed by atoms with Gasteiger partial charge in [0.05, 0.1) is 6.54 Å². The molecule has 0 saturated carbocycles. The lowest BCUT2D eigenvalue weighted by Crippen LogP contribution is -2.50. The predicted octanol–water partition coefficient (Wildman–Crippen LogP) is 0.892. The number of ether oxygens (including phenoxy) is 1. The van der Waals surface area contributed by atoms with Gasteiger partial charge in [0.25, 0.3) is 0 Å². The lowest BCUT2D eigenvalue weighted by Gasteiger charge is -2.25. The van der Waals surface area contributed by atoms with Gasteiger partial charge in [-0.2, -0.15) is 5.10 Å².